The second kappa shape index (κ2) is 6.77. The molecule has 18 heavy (non-hydrogen) atoms. The number of methoxy groups -OCH3 is 2. The molecule has 0 fully saturated rings. The second-order valence-electron chi connectivity index (χ2n) is 3.54. The normalized spacial score (nSPS) is 11.9. The zero-order valence-electron chi connectivity index (χ0n) is 10.3. The lowest BCUT2D eigenvalue weighted by Gasteiger charge is -2.13. The van der Waals surface area contributed by atoms with Crippen LogP contribution in [0, 0.1) is 0 Å². The minimum Gasteiger partial charge on any atom is -0.493 e. The first-order valence-corrected chi connectivity index (χ1v) is 5.34. The molecule has 0 spiro atoms. The summed E-state index contributed by atoms with van der Waals surface area (Å²) in [6.07, 6.45) is 0.365. The van der Waals surface area contributed by atoms with E-state index < -0.39 is 12.0 Å². The molecule has 0 bridgehead atoms. The Labute approximate surface area is 105 Å². The van der Waals surface area contributed by atoms with Crippen molar-refractivity contribution in [1.82, 2.24) is 10.3 Å². The van der Waals surface area contributed by atoms with E-state index in [1.165, 1.54) is 14.2 Å². The molecular weight excluding hydrogens is 238 g/mol. The fraction of sp³-hybridized carbons (Fsp3) is 0.455. The van der Waals surface area contributed by atoms with Gasteiger partial charge in [-0.2, -0.15) is 0 Å². The van der Waals surface area contributed by atoms with Crippen LogP contribution in [0.3, 0.4) is 0 Å². The number of hydrogen-bond donors (Lipinski definition) is 3. The van der Waals surface area contributed by atoms with Crippen molar-refractivity contribution >= 4 is 5.91 Å². The van der Waals surface area contributed by atoms with Gasteiger partial charge >= 0.3 is 0 Å². The minimum atomic E-state index is -1.22. The van der Waals surface area contributed by atoms with E-state index in [0.717, 1.165) is 0 Å². The summed E-state index contributed by atoms with van der Waals surface area (Å²) in [6.45, 7) is 0.377. The van der Waals surface area contributed by atoms with Crippen LogP contribution in [0.4, 0.5) is 0 Å². The molecule has 1 atom stereocenters. The van der Waals surface area contributed by atoms with Crippen molar-refractivity contribution in [3.8, 4) is 11.5 Å². The van der Waals surface area contributed by atoms with Crippen molar-refractivity contribution in [3.63, 3.8) is 0 Å². The Hall–Kier alpha value is -1.86. The van der Waals surface area contributed by atoms with E-state index in [9.17, 15) is 9.90 Å². The number of carbonyl (C=O) groups is 1. The van der Waals surface area contributed by atoms with Crippen LogP contribution >= 0.6 is 0 Å². The van der Waals surface area contributed by atoms with Gasteiger partial charge in [0.25, 0.3) is 0 Å². The molecule has 0 saturated carbocycles. The van der Waals surface area contributed by atoms with Crippen LogP contribution in [0.25, 0.3) is 0 Å². The summed E-state index contributed by atoms with van der Waals surface area (Å²) >= 11 is 0. The van der Waals surface area contributed by atoms with Gasteiger partial charge in [-0.1, -0.05) is 0 Å². The van der Waals surface area contributed by atoms with Gasteiger partial charge < -0.3 is 25.6 Å². The molecule has 0 aliphatic carbocycles. The van der Waals surface area contributed by atoms with E-state index in [1.54, 1.807) is 12.3 Å². The van der Waals surface area contributed by atoms with E-state index in [0.29, 0.717) is 23.7 Å². The van der Waals surface area contributed by atoms with Crippen molar-refractivity contribution < 1.29 is 19.4 Å². The van der Waals surface area contributed by atoms with E-state index >= 15 is 0 Å². The van der Waals surface area contributed by atoms with Crippen LogP contribution in [-0.2, 0) is 11.3 Å². The highest BCUT2D eigenvalue weighted by Crippen LogP contribution is 2.28. The maximum absolute atomic E-state index is 10.6. The summed E-state index contributed by atoms with van der Waals surface area (Å²) in [5, 5.41) is 12.1. The number of amides is 1. The number of aliphatic hydroxyl groups excluding tert-OH is 1. The molecule has 7 nitrogen and oxygen atoms in total. The molecule has 1 rings (SSSR count). The number of primary amides is 1. The number of nitrogens with one attached hydrogen (secondary N) is 1. The van der Waals surface area contributed by atoms with Gasteiger partial charge in [0.05, 0.1) is 19.9 Å². The number of aliphatic hydroxyl groups is 1. The topological polar surface area (TPSA) is 107 Å². The maximum Gasteiger partial charge on any atom is 0.247 e. The predicted octanol–water partition coefficient (Wildman–Crippen LogP) is -0.965. The second-order valence-corrected chi connectivity index (χ2v) is 3.54. The lowest BCUT2D eigenvalue weighted by molar-refractivity contribution is -0.125. The Balaban J connectivity index is 2.64. The SMILES string of the molecule is COc1ccnc(CNCC(O)C(N)=O)c1OC. The standard InChI is InChI=1S/C11H17N3O4/c1-17-9-3-4-14-7(10(9)18-2)5-13-6-8(15)11(12)16/h3-4,8,13,15H,5-6H2,1-2H3,(H2,12,16). The molecule has 0 saturated heterocycles. The minimum absolute atomic E-state index is 0.0530. The quantitative estimate of drug-likeness (QED) is 0.579. The third kappa shape index (κ3) is 3.57. The zero-order valence-corrected chi connectivity index (χ0v) is 10.3. The van der Waals surface area contributed by atoms with Crippen LogP contribution in [0.1, 0.15) is 5.69 Å². The van der Waals surface area contributed by atoms with E-state index in [-0.39, 0.29) is 6.54 Å². The monoisotopic (exact) mass is 255 g/mol. The van der Waals surface area contributed by atoms with Gasteiger partial charge in [-0.05, 0) is 0 Å². The number of rotatable bonds is 7. The average Bonchev–Trinajstić information content (AvgIpc) is 2.37. The summed E-state index contributed by atoms with van der Waals surface area (Å²) in [5.41, 5.74) is 5.55. The molecule has 1 amide bonds. The number of aromatic nitrogens is 1. The smallest absolute Gasteiger partial charge is 0.247 e. The summed E-state index contributed by atoms with van der Waals surface area (Å²) in [5.74, 6) is 0.314. The van der Waals surface area contributed by atoms with E-state index in [4.69, 9.17) is 15.2 Å². The highest BCUT2D eigenvalue weighted by molar-refractivity contribution is 5.78. The third-order valence-corrected chi connectivity index (χ3v) is 2.32. The van der Waals surface area contributed by atoms with Gasteiger partial charge in [0, 0.05) is 25.4 Å². The van der Waals surface area contributed by atoms with Gasteiger partial charge in [0.2, 0.25) is 5.91 Å². The van der Waals surface area contributed by atoms with Gasteiger partial charge in [-0.25, -0.2) is 0 Å². The molecule has 7 heteroatoms. The van der Waals surface area contributed by atoms with Crippen LogP contribution in [0.2, 0.25) is 0 Å². The predicted molar refractivity (Wildman–Crippen MR) is 64.2 cm³/mol. The summed E-state index contributed by atoms with van der Waals surface area (Å²) in [6, 6.07) is 1.68. The highest BCUT2D eigenvalue weighted by atomic mass is 16.5. The molecule has 4 N–H and O–H groups in total. The lowest BCUT2D eigenvalue weighted by Crippen LogP contribution is -2.37. The van der Waals surface area contributed by atoms with Crippen LogP contribution in [0.5, 0.6) is 11.5 Å². The molecule has 100 valence electrons. The molecule has 1 unspecified atom stereocenters. The first-order chi connectivity index (χ1) is 8.60. The highest BCUT2D eigenvalue weighted by Gasteiger charge is 2.13. The molecule has 1 aromatic rings. The number of hydrogen-bond acceptors (Lipinski definition) is 6. The Kier molecular flexibility index (Phi) is 5.34. The number of ether oxygens (including phenoxy) is 2. The molecule has 0 aliphatic heterocycles. The molecule has 0 aliphatic rings. The zero-order chi connectivity index (χ0) is 13.5. The van der Waals surface area contributed by atoms with Crippen molar-refractivity contribution in [2.75, 3.05) is 20.8 Å². The van der Waals surface area contributed by atoms with Crippen molar-refractivity contribution in [2.24, 2.45) is 5.73 Å². The van der Waals surface area contributed by atoms with E-state index in [2.05, 4.69) is 10.3 Å². The van der Waals surface area contributed by atoms with Crippen LogP contribution in [-0.4, -0.2) is 42.9 Å². The molecule has 0 aromatic carbocycles. The Bertz CT molecular complexity index is 411. The Morgan fingerprint density at radius 1 is 1.56 bits per heavy atom. The number of nitrogens with zero attached hydrogens (tertiary/aromatic N) is 1. The molecule has 1 aromatic heterocycles. The lowest BCUT2D eigenvalue weighted by atomic mass is 10.3. The average molecular weight is 255 g/mol. The third-order valence-electron chi connectivity index (χ3n) is 2.32. The number of nitrogens with two attached hydrogens (primary N) is 1. The van der Waals surface area contributed by atoms with Crippen molar-refractivity contribution in [1.29, 1.82) is 0 Å². The Morgan fingerprint density at radius 3 is 2.83 bits per heavy atom. The maximum atomic E-state index is 10.6. The Morgan fingerprint density at radius 2 is 2.28 bits per heavy atom. The summed E-state index contributed by atoms with van der Waals surface area (Å²) in [4.78, 5) is 14.8. The van der Waals surface area contributed by atoms with Gasteiger partial charge in [0.1, 0.15) is 6.10 Å². The summed E-state index contributed by atoms with van der Waals surface area (Å²) in [7, 11) is 3.05. The van der Waals surface area contributed by atoms with Crippen molar-refractivity contribution in [2.45, 2.75) is 12.6 Å². The first kappa shape index (κ1) is 14.2. The fourth-order valence-corrected chi connectivity index (χ4v) is 1.40. The van der Waals surface area contributed by atoms with Crippen LogP contribution < -0.4 is 20.5 Å². The van der Waals surface area contributed by atoms with Gasteiger partial charge in [-0.15, -0.1) is 0 Å². The van der Waals surface area contributed by atoms with E-state index in [1.807, 2.05) is 0 Å². The molecular formula is C11H17N3O4. The summed E-state index contributed by atoms with van der Waals surface area (Å²) < 4.78 is 10.3. The largest absolute Gasteiger partial charge is 0.493 e. The molecule has 0 radical (unpaired) electrons. The van der Waals surface area contributed by atoms with Gasteiger partial charge in [0.15, 0.2) is 11.5 Å². The number of pyridine rings is 1. The van der Waals surface area contributed by atoms with Gasteiger partial charge in [-0.3, -0.25) is 9.78 Å². The first-order valence-electron chi connectivity index (χ1n) is 5.34. The van der Waals surface area contributed by atoms with Crippen molar-refractivity contribution in [3.05, 3.63) is 18.0 Å². The molecule has 1 heterocycles. The fourth-order valence-electron chi connectivity index (χ4n) is 1.40. The van der Waals surface area contributed by atoms with Crippen LogP contribution in [0.15, 0.2) is 12.3 Å². The number of carbonyl (C=O) groups excluding carboxylic acids is 1.